The van der Waals surface area contributed by atoms with Gasteiger partial charge in [0, 0.05) is 23.1 Å². The average Bonchev–Trinajstić information content (AvgIpc) is 2.46. The summed E-state index contributed by atoms with van der Waals surface area (Å²) in [6, 6.07) is 6.47. The lowest BCUT2D eigenvalue weighted by Gasteiger charge is -2.02. The van der Waals surface area contributed by atoms with Crippen molar-refractivity contribution in [1.29, 1.82) is 0 Å². The van der Waals surface area contributed by atoms with Crippen LogP contribution in [0.3, 0.4) is 0 Å². The Morgan fingerprint density at radius 1 is 1.38 bits per heavy atom. The molecule has 2 rings (SSSR count). The van der Waals surface area contributed by atoms with Crippen molar-refractivity contribution in [3.63, 3.8) is 0 Å². The zero-order valence-corrected chi connectivity index (χ0v) is 7.96. The van der Waals surface area contributed by atoms with E-state index >= 15 is 0 Å². The fraction of sp³-hybridized carbons (Fsp3) is 0.273. The molecule has 0 aliphatic heterocycles. The number of hydrogen-bond donors (Lipinski definition) is 2. The second kappa shape index (κ2) is 2.89. The lowest BCUT2D eigenvalue weighted by Crippen LogP contribution is -2.03. The van der Waals surface area contributed by atoms with Crippen LogP contribution in [-0.2, 0) is 0 Å². The maximum Gasteiger partial charge on any atom is 0.0460 e. The standard InChI is InChI=1S/C11H14N2/c1-7-3-4-9-10(8(2)12)6-13-11(9)5-7/h3-6,8,13H,12H2,1-2H3/t8-/m0/s1. The van der Waals surface area contributed by atoms with Gasteiger partial charge in [-0.15, -0.1) is 0 Å². The molecule has 0 saturated carbocycles. The molecule has 0 spiro atoms. The van der Waals surface area contributed by atoms with Crippen molar-refractivity contribution in [2.45, 2.75) is 19.9 Å². The molecule has 1 heterocycles. The van der Waals surface area contributed by atoms with Crippen LogP contribution in [0.5, 0.6) is 0 Å². The van der Waals surface area contributed by atoms with Crippen LogP contribution in [0.4, 0.5) is 0 Å². The van der Waals surface area contributed by atoms with E-state index in [0.717, 1.165) is 0 Å². The van der Waals surface area contributed by atoms with Crippen LogP contribution < -0.4 is 5.73 Å². The van der Waals surface area contributed by atoms with Gasteiger partial charge in [-0.2, -0.15) is 0 Å². The first-order chi connectivity index (χ1) is 6.18. The summed E-state index contributed by atoms with van der Waals surface area (Å²) in [5.74, 6) is 0. The predicted octanol–water partition coefficient (Wildman–Crippen LogP) is 2.50. The highest BCUT2D eigenvalue weighted by atomic mass is 14.7. The third-order valence-electron chi connectivity index (χ3n) is 2.36. The van der Waals surface area contributed by atoms with Crippen LogP contribution in [-0.4, -0.2) is 4.98 Å². The number of hydrogen-bond acceptors (Lipinski definition) is 1. The van der Waals surface area contributed by atoms with Gasteiger partial charge in [0.15, 0.2) is 0 Å². The molecule has 0 unspecified atom stereocenters. The molecular weight excluding hydrogens is 160 g/mol. The Morgan fingerprint density at radius 2 is 2.15 bits per heavy atom. The second-order valence-electron chi connectivity index (χ2n) is 3.58. The molecule has 2 nitrogen and oxygen atoms in total. The van der Waals surface area contributed by atoms with Crippen LogP contribution in [0.25, 0.3) is 10.9 Å². The molecule has 2 heteroatoms. The monoisotopic (exact) mass is 174 g/mol. The maximum absolute atomic E-state index is 5.84. The van der Waals surface area contributed by atoms with E-state index in [1.807, 2.05) is 13.1 Å². The minimum Gasteiger partial charge on any atom is -0.361 e. The number of aromatic amines is 1. The summed E-state index contributed by atoms with van der Waals surface area (Å²) >= 11 is 0. The molecule has 2 aromatic rings. The molecule has 0 radical (unpaired) electrons. The van der Waals surface area contributed by atoms with E-state index in [1.165, 1.54) is 22.0 Å². The fourth-order valence-electron chi connectivity index (χ4n) is 1.64. The topological polar surface area (TPSA) is 41.8 Å². The molecule has 0 saturated heterocycles. The Bertz CT molecular complexity index is 427. The number of aryl methyl sites for hydroxylation is 1. The van der Waals surface area contributed by atoms with Gasteiger partial charge < -0.3 is 10.7 Å². The summed E-state index contributed by atoms with van der Waals surface area (Å²) < 4.78 is 0. The smallest absolute Gasteiger partial charge is 0.0460 e. The van der Waals surface area contributed by atoms with E-state index in [0.29, 0.717) is 0 Å². The van der Waals surface area contributed by atoms with E-state index in [-0.39, 0.29) is 6.04 Å². The van der Waals surface area contributed by atoms with Crippen molar-refractivity contribution in [3.05, 3.63) is 35.5 Å². The minimum absolute atomic E-state index is 0.0939. The normalized spacial score (nSPS) is 13.5. The second-order valence-corrected chi connectivity index (χ2v) is 3.58. The third-order valence-corrected chi connectivity index (χ3v) is 2.36. The van der Waals surface area contributed by atoms with E-state index in [4.69, 9.17) is 5.73 Å². The Hall–Kier alpha value is -1.28. The molecule has 13 heavy (non-hydrogen) atoms. The largest absolute Gasteiger partial charge is 0.361 e. The van der Waals surface area contributed by atoms with Gasteiger partial charge in [0.1, 0.15) is 0 Å². The molecule has 0 bridgehead atoms. The number of aromatic nitrogens is 1. The molecule has 0 fully saturated rings. The Kier molecular flexibility index (Phi) is 1.85. The number of benzene rings is 1. The van der Waals surface area contributed by atoms with Gasteiger partial charge >= 0.3 is 0 Å². The summed E-state index contributed by atoms with van der Waals surface area (Å²) in [5, 5.41) is 1.24. The Labute approximate surface area is 77.8 Å². The molecule has 1 aromatic heterocycles. The summed E-state index contributed by atoms with van der Waals surface area (Å²) in [6.07, 6.45) is 1.99. The summed E-state index contributed by atoms with van der Waals surface area (Å²) in [7, 11) is 0. The molecule has 3 N–H and O–H groups in total. The lowest BCUT2D eigenvalue weighted by molar-refractivity contribution is 0.826. The van der Waals surface area contributed by atoms with Crippen LogP contribution in [0.1, 0.15) is 24.1 Å². The molecule has 0 aliphatic carbocycles. The molecule has 1 aromatic carbocycles. The molecule has 68 valence electrons. The van der Waals surface area contributed by atoms with Gasteiger partial charge in [0.05, 0.1) is 0 Å². The zero-order valence-electron chi connectivity index (χ0n) is 7.96. The molecule has 0 aliphatic rings. The zero-order chi connectivity index (χ0) is 9.42. The first kappa shape index (κ1) is 8.32. The average molecular weight is 174 g/mol. The Morgan fingerprint density at radius 3 is 2.85 bits per heavy atom. The Balaban J connectivity index is 2.69. The van der Waals surface area contributed by atoms with E-state index < -0.39 is 0 Å². The van der Waals surface area contributed by atoms with Gasteiger partial charge in [-0.25, -0.2) is 0 Å². The van der Waals surface area contributed by atoms with Gasteiger partial charge in [0.2, 0.25) is 0 Å². The van der Waals surface area contributed by atoms with Crippen molar-refractivity contribution < 1.29 is 0 Å². The van der Waals surface area contributed by atoms with E-state index in [2.05, 4.69) is 30.1 Å². The van der Waals surface area contributed by atoms with E-state index in [9.17, 15) is 0 Å². The number of nitrogens with two attached hydrogens (primary N) is 1. The van der Waals surface area contributed by atoms with Crippen LogP contribution in [0.15, 0.2) is 24.4 Å². The predicted molar refractivity (Wildman–Crippen MR) is 55.6 cm³/mol. The third kappa shape index (κ3) is 1.33. The van der Waals surface area contributed by atoms with Crippen molar-refractivity contribution in [2.24, 2.45) is 5.73 Å². The number of fused-ring (bicyclic) bond motifs is 1. The van der Waals surface area contributed by atoms with Gasteiger partial charge in [-0.3, -0.25) is 0 Å². The van der Waals surface area contributed by atoms with Gasteiger partial charge in [0.25, 0.3) is 0 Å². The summed E-state index contributed by atoms with van der Waals surface area (Å²) in [5.41, 5.74) is 9.47. The number of nitrogens with one attached hydrogen (secondary N) is 1. The SMILES string of the molecule is Cc1ccc2c([C@H](C)N)c[nH]c2c1. The van der Waals surface area contributed by atoms with Crippen molar-refractivity contribution in [2.75, 3.05) is 0 Å². The molecule has 0 amide bonds. The molecule has 1 atom stereocenters. The van der Waals surface area contributed by atoms with Crippen molar-refractivity contribution in [3.8, 4) is 0 Å². The number of rotatable bonds is 1. The van der Waals surface area contributed by atoms with Crippen molar-refractivity contribution >= 4 is 10.9 Å². The van der Waals surface area contributed by atoms with Crippen LogP contribution in [0, 0.1) is 6.92 Å². The fourth-order valence-corrected chi connectivity index (χ4v) is 1.64. The summed E-state index contributed by atoms with van der Waals surface area (Å²) in [6.45, 7) is 4.09. The quantitative estimate of drug-likeness (QED) is 0.685. The van der Waals surface area contributed by atoms with Gasteiger partial charge in [-0.1, -0.05) is 12.1 Å². The molecular formula is C11H14N2. The summed E-state index contributed by atoms with van der Waals surface area (Å²) in [4.78, 5) is 3.23. The minimum atomic E-state index is 0.0939. The van der Waals surface area contributed by atoms with Crippen molar-refractivity contribution in [1.82, 2.24) is 4.98 Å². The highest BCUT2D eigenvalue weighted by molar-refractivity contribution is 5.84. The maximum atomic E-state index is 5.84. The van der Waals surface area contributed by atoms with E-state index in [1.54, 1.807) is 0 Å². The number of H-pyrrole nitrogens is 1. The highest BCUT2D eigenvalue weighted by Crippen LogP contribution is 2.23. The van der Waals surface area contributed by atoms with Crippen LogP contribution in [0.2, 0.25) is 0 Å². The van der Waals surface area contributed by atoms with Gasteiger partial charge in [-0.05, 0) is 31.0 Å². The highest BCUT2D eigenvalue weighted by Gasteiger charge is 2.06. The first-order valence-electron chi connectivity index (χ1n) is 4.51. The van der Waals surface area contributed by atoms with Crippen LogP contribution >= 0.6 is 0 Å². The lowest BCUT2D eigenvalue weighted by atomic mass is 10.1. The first-order valence-corrected chi connectivity index (χ1v) is 4.51.